The van der Waals surface area contributed by atoms with Crippen LogP contribution in [-0.2, 0) is 14.4 Å². The van der Waals surface area contributed by atoms with Crippen LogP contribution in [-0.4, -0.2) is 50.2 Å². The summed E-state index contributed by atoms with van der Waals surface area (Å²) in [6.45, 7) is 3.75. The molecular weight excluding hydrogens is 347 g/mol. The van der Waals surface area contributed by atoms with Crippen molar-refractivity contribution in [1.29, 1.82) is 0 Å². The Hall–Kier alpha value is -3.04. The Morgan fingerprint density at radius 3 is 2.77 bits per heavy atom. The molecule has 140 valence electrons. The number of nitrogens with zero attached hydrogens (tertiary/aromatic N) is 3. The number of hydrogen-bond acceptors (Lipinski definition) is 6. The second kappa shape index (κ2) is 6.70. The van der Waals surface area contributed by atoms with Gasteiger partial charge in [0.15, 0.2) is 17.8 Å². The molecule has 1 aromatic rings. The second-order valence-corrected chi connectivity index (χ2v) is 6.10. The highest BCUT2D eigenvalue weighted by molar-refractivity contribution is 6.03. The van der Waals surface area contributed by atoms with E-state index < -0.39 is 23.9 Å². The van der Waals surface area contributed by atoms with Crippen molar-refractivity contribution < 1.29 is 28.3 Å². The number of amides is 2. The molecule has 0 saturated carbocycles. The molecule has 1 saturated heterocycles. The predicted molar refractivity (Wildman–Crippen MR) is 90.8 cm³/mol. The zero-order chi connectivity index (χ0) is 19.0. The van der Waals surface area contributed by atoms with Crippen LogP contribution in [0.4, 0.5) is 20.6 Å². The molecular formula is C16H19FN4O5. The van der Waals surface area contributed by atoms with E-state index >= 15 is 0 Å². The first kappa shape index (κ1) is 17.8. The standard InChI is InChI=1S/C16H19FN4O5/c1-8(2)21-13(19-24-3)7-25-11-5-9(4-10(17)14(11)21)20-6-12(15(18)22)26-16(20)23/h4-5,8,12H,6-7H2,1-3H3,(H2,18,22)/t12-/m1/s1. The lowest BCUT2D eigenvalue weighted by Gasteiger charge is -2.35. The number of hydrogen-bond donors (Lipinski definition) is 1. The van der Waals surface area contributed by atoms with Crippen LogP contribution < -0.4 is 20.3 Å². The summed E-state index contributed by atoms with van der Waals surface area (Å²) in [6, 6.07) is 2.59. The number of anilines is 2. The normalized spacial score (nSPS) is 20.9. The number of oxime groups is 1. The molecule has 2 N–H and O–H groups in total. The van der Waals surface area contributed by atoms with Gasteiger partial charge in [-0.3, -0.25) is 9.69 Å². The molecule has 0 aliphatic carbocycles. The third-order valence-electron chi connectivity index (χ3n) is 4.04. The molecule has 2 amide bonds. The number of carbonyl (C=O) groups is 2. The zero-order valence-corrected chi connectivity index (χ0v) is 14.6. The first-order valence-corrected chi connectivity index (χ1v) is 7.96. The summed E-state index contributed by atoms with van der Waals surface area (Å²) < 4.78 is 25.4. The molecule has 9 nitrogen and oxygen atoms in total. The lowest BCUT2D eigenvalue weighted by atomic mass is 10.1. The van der Waals surface area contributed by atoms with Crippen LogP contribution in [0, 0.1) is 5.82 Å². The van der Waals surface area contributed by atoms with Crippen LogP contribution in [0.5, 0.6) is 5.75 Å². The summed E-state index contributed by atoms with van der Waals surface area (Å²) in [6.07, 6.45) is -1.85. The molecule has 1 atom stereocenters. The average molecular weight is 366 g/mol. The fourth-order valence-corrected chi connectivity index (χ4v) is 2.95. The van der Waals surface area contributed by atoms with E-state index in [4.69, 9.17) is 20.0 Å². The van der Waals surface area contributed by atoms with Crippen molar-refractivity contribution in [2.24, 2.45) is 10.9 Å². The van der Waals surface area contributed by atoms with Crippen molar-refractivity contribution in [3.63, 3.8) is 0 Å². The van der Waals surface area contributed by atoms with E-state index in [0.717, 1.165) is 4.90 Å². The summed E-state index contributed by atoms with van der Waals surface area (Å²) in [5.74, 6) is -0.693. The minimum absolute atomic E-state index is 0.0796. The van der Waals surface area contributed by atoms with Crippen molar-refractivity contribution in [2.45, 2.75) is 26.0 Å². The van der Waals surface area contributed by atoms with Gasteiger partial charge in [-0.15, -0.1) is 0 Å². The number of primary amides is 1. The lowest BCUT2D eigenvalue weighted by Crippen LogP contribution is -2.44. The van der Waals surface area contributed by atoms with Gasteiger partial charge in [-0.05, 0) is 13.8 Å². The SMILES string of the molecule is CON=C1COc2cc(N3C[C@H](C(N)=O)OC3=O)cc(F)c2N1C(C)C. The molecule has 2 heterocycles. The molecule has 2 aliphatic heterocycles. The van der Waals surface area contributed by atoms with Gasteiger partial charge in [0.05, 0.1) is 12.2 Å². The number of cyclic esters (lactones) is 1. The van der Waals surface area contributed by atoms with E-state index in [9.17, 15) is 14.0 Å². The summed E-state index contributed by atoms with van der Waals surface area (Å²) in [5.41, 5.74) is 5.58. The highest BCUT2D eigenvalue weighted by Crippen LogP contribution is 2.40. The number of amidine groups is 1. The minimum atomic E-state index is -1.07. The fraction of sp³-hybridized carbons (Fsp3) is 0.438. The Kier molecular flexibility index (Phi) is 4.58. The van der Waals surface area contributed by atoms with Crippen molar-refractivity contribution in [1.82, 2.24) is 0 Å². The Balaban J connectivity index is 2.00. The van der Waals surface area contributed by atoms with Crippen molar-refractivity contribution in [3.05, 3.63) is 17.9 Å². The van der Waals surface area contributed by atoms with E-state index in [1.165, 1.54) is 19.2 Å². The highest BCUT2D eigenvalue weighted by atomic mass is 19.1. The summed E-state index contributed by atoms with van der Waals surface area (Å²) >= 11 is 0. The van der Waals surface area contributed by atoms with E-state index in [-0.39, 0.29) is 36.3 Å². The summed E-state index contributed by atoms with van der Waals surface area (Å²) in [4.78, 5) is 30.8. The number of nitrogens with two attached hydrogens (primary N) is 1. The van der Waals surface area contributed by atoms with E-state index in [2.05, 4.69) is 5.16 Å². The van der Waals surface area contributed by atoms with E-state index in [1.807, 2.05) is 13.8 Å². The first-order chi connectivity index (χ1) is 12.3. The van der Waals surface area contributed by atoms with Crippen LogP contribution in [0.2, 0.25) is 0 Å². The molecule has 1 fully saturated rings. The highest BCUT2D eigenvalue weighted by Gasteiger charge is 2.38. The number of fused-ring (bicyclic) bond motifs is 1. The largest absolute Gasteiger partial charge is 0.483 e. The molecule has 0 radical (unpaired) electrons. The summed E-state index contributed by atoms with van der Waals surface area (Å²) in [7, 11) is 1.40. The Morgan fingerprint density at radius 2 is 2.19 bits per heavy atom. The number of halogens is 1. The van der Waals surface area contributed by atoms with Crippen LogP contribution in [0.15, 0.2) is 17.3 Å². The van der Waals surface area contributed by atoms with Crippen LogP contribution >= 0.6 is 0 Å². The van der Waals surface area contributed by atoms with Crippen molar-refractivity contribution in [2.75, 3.05) is 30.1 Å². The minimum Gasteiger partial charge on any atom is -0.483 e. The van der Waals surface area contributed by atoms with Gasteiger partial charge in [0.2, 0.25) is 0 Å². The number of ether oxygens (including phenoxy) is 2. The Morgan fingerprint density at radius 1 is 1.46 bits per heavy atom. The van der Waals surface area contributed by atoms with E-state index in [0.29, 0.717) is 5.84 Å². The zero-order valence-electron chi connectivity index (χ0n) is 14.6. The first-order valence-electron chi connectivity index (χ1n) is 7.96. The van der Waals surface area contributed by atoms with Gasteiger partial charge in [-0.2, -0.15) is 0 Å². The maximum Gasteiger partial charge on any atom is 0.415 e. The van der Waals surface area contributed by atoms with Gasteiger partial charge in [0, 0.05) is 18.2 Å². The van der Waals surface area contributed by atoms with Gasteiger partial charge in [0.25, 0.3) is 5.91 Å². The number of rotatable bonds is 4. The maximum atomic E-state index is 14.9. The van der Waals surface area contributed by atoms with Gasteiger partial charge < -0.3 is 24.9 Å². The van der Waals surface area contributed by atoms with Gasteiger partial charge >= 0.3 is 6.09 Å². The fourth-order valence-electron chi connectivity index (χ4n) is 2.95. The molecule has 2 aliphatic rings. The molecule has 1 aromatic carbocycles. The maximum absolute atomic E-state index is 14.9. The predicted octanol–water partition coefficient (Wildman–Crippen LogP) is 1.20. The third-order valence-corrected chi connectivity index (χ3v) is 4.04. The number of benzene rings is 1. The molecule has 0 spiro atoms. The van der Waals surface area contributed by atoms with E-state index in [1.54, 1.807) is 4.90 Å². The summed E-state index contributed by atoms with van der Waals surface area (Å²) in [5, 5.41) is 3.88. The van der Waals surface area contributed by atoms with Gasteiger partial charge in [-0.25, -0.2) is 9.18 Å². The quantitative estimate of drug-likeness (QED) is 0.803. The Labute approximate surface area is 149 Å². The lowest BCUT2D eigenvalue weighted by molar-refractivity contribution is -0.124. The van der Waals surface area contributed by atoms with Gasteiger partial charge in [-0.1, -0.05) is 5.16 Å². The molecule has 10 heteroatoms. The number of carbonyl (C=O) groups excluding carboxylic acids is 2. The van der Waals surface area contributed by atoms with Gasteiger partial charge in [0.1, 0.15) is 25.2 Å². The topological polar surface area (TPSA) is 107 Å². The van der Waals surface area contributed by atoms with Crippen molar-refractivity contribution >= 4 is 29.2 Å². The van der Waals surface area contributed by atoms with Crippen LogP contribution in [0.1, 0.15) is 13.8 Å². The smallest absolute Gasteiger partial charge is 0.415 e. The average Bonchev–Trinajstić information content (AvgIpc) is 2.97. The van der Waals surface area contributed by atoms with Crippen LogP contribution in [0.25, 0.3) is 0 Å². The molecule has 0 bridgehead atoms. The third kappa shape index (κ3) is 2.98. The molecule has 0 unspecified atom stereocenters. The van der Waals surface area contributed by atoms with Crippen molar-refractivity contribution in [3.8, 4) is 5.75 Å². The Bertz CT molecular complexity index is 782. The molecule has 26 heavy (non-hydrogen) atoms. The molecule has 0 aromatic heterocycles. The molecule has 3 rings (SSSR count). The van der Waals surface area contributed by atoms with Crippen LogP contribution in [0.3, 0.4) is 0 Å². The monoisotopic (exact) mass is 366 g/mol. The second-order valence-electron chi connectivity index (χ2n) is 6.10.